The Kier molecular flexibility index (Phi) is 6.65. The second-order valence-corrected chi connectivity index (χ2v) is 9.55. The minimum atomic E-state index is -0.280. The van der Waals surface area contributed by atoms with E-state index in [1.807, 2.05) is 55.8 Å². The van der Waals surface area contributed by atoms with Gasteiger partial charge in [-0.3, -0.25) is 0 Å². The second-order valence-electron chi connectivity index (χ2n) is 7.34. The number of hydrogen-bond acceptors (Lipinski definition) is 6. The van der Waals surface area contributed by atoms with Crippen molar-refractivity contribution in [2.24, 2.45) is 7.05 Å². The van der Waals surface area contributed by atoms with Gasteiger partial charge in [0.25, 0.3) is 0 Å². The molecule has 5 nitrogen and oxygen atoms in total. The van der Waals surface area contributed by atoms with Gasteiger partial charge >= 0.3 is 0 Å². The molecule has 2 aromatic heterocycles. The van der Waals surface area contributed by atoms with E-state index in [0.717, 1.165) is 33.0 Å². The average Bonchev–Trinajstić information content (AvgIpc) is 3.36. The van der Waals surface area contributed by atoms with Gasteiger partial charge in [0.15, 0.2) is 17.1 Å². The molecule has 4 rings (SSSR count). The van der Waals surface area contributed by atoms with Crippen LogP contribution in [0.25, 0.3) is 10.6 Å². The highest BCUT2D eigenvalue weighted by molar-refractivity contribution is 7.98. The number of thiazole rings is 1. The Morgan fingerprint density at radius 2 is 1.97 bits per heavy atom. The molecule has 160 valence electrons. The molecule has 0 radical (unpaired) electrons. The molecule has 0 aliphatic heterocycles. The number of halogens is 1. The zero-order chi connectivity index (χ0) is 22.0. The van der Waals surface area contributed by atoms with Gasteiger partial charge < -0.3 is 9.30 Å². The summed E-state index contributed by atoms with van der Waals surface area (Å²) in [5.41, 5.74) is 4.55. The van der Waals surface area contributed by atoms with Gasteiger partial charge in [-0.2, -0.15) is 0 Å². The van der Waals surface area contributed by atoms with Crippen molar-refractivity contribution in [1.82, 2.24) is 19.7 Å². The molecule has 8 heteroatoms. The molecule has 2 heterocycles. The number of aromatic nitrogens is 4. The van der Waals surface area contributed by atoms with E-state index >= 15 is 0 Å². The van der Waals surface area contributed by atoms with Crippen molar-refractivity contribution in [3.8, 4) is 16.3 Å². The highest BCUT2D eigenvalue weighted by Crippen LogP contribution is 2.32. The van der Waals surface area contributed by atoms with Gasteiger partial charge in [-0.25, -0.2) is 4.98 Å². The third-order valence-electron chi connectivity index (χ3n) is 4.90. The number of rotatable bonds is 7. The van der Waals surface area contributed by atoms with Gasteiger partial charge in [0.2, 0.25) is 0 Å². The Balaban J connectivity index is 1.43. The van der Waals surface area contributed by atoms with Crippen LogP contribution in [-0.4, -0.2) is 19.7 Å². The van der Waals surface area contributed by atoms with Crippen LogP contribution < -0.4 is 4.74 Å². The van der Waals surface area contributed by atoms with Crippen molar-refractivity contribution in [3.05, 3.63) is 75.5 Å². The topological polar surface area (TPSA) is 52.8 Å². The van der Waals surface area contributed by atoms with Crippen LogP contribution in [0, 0.1) is 13.8 Å². The summed E-state index contributed by atoms with van der Waals surface area (Å²) in [4.78, 5) is 4.80. The van der Waals surface area contributed by atoms with Crippen molar-refractivity contribution < 1.29 is 4.74 Å². The fraction of sp³-hybridized carbons (Fsp3) is 0.261. The van der Waals surface area contributed by atoms with E-state index in [2.05, 4.69) is 34.6 Å². The third kappa shape index (κ3) is 4.95. The monoisotopic (exact) mass is 470 g/mol. The van der Waals surface area contributed by atoms with E-state index in [4.69, 9.17) is 21.3 Å². The number of aryl methyl sites for hydroxylation is 2. The molecule has 0 N–H and O–H groups in total. The standard InChI is InChI=1S/C23H23ClN4OS2/c1-14-9-10-19(24)20(11-14)29-16(3)21-26-27-23(28(21)4)31-13-17-12-30-22(25-17)18-8-6-5-7-15(18)2/h5-12,16H,13H2,1-4H3. The first-order chi connectivity index (χ1) is 14.9. The SMILES string of the molecule is Cc1ccc(Cl)c(OC(C)c2nnc(SCc3csc(-c4ccccc4C)n3)n2C)c1. The molecule has 0 fully saturated rings. The van der Waals surface area contributed by atoms with E-state index in [-0.39, 0.29) is 6.10 Å². The molecule has 4 aromatic rings. The Labute approximate surface area is 195 Å². The Morgan fingerprint density at radius 3 is 2.77 bits per heavy atom. The van der Waals surface area contributed by atoms with Crippen LogP contribution in [0.15, 0.2) is 53.0 Å². The third-order valence-corrected chi connectivity index (χ3v) is 7.19. The smallest absolute Gasteiger partial charge is 0.191 e. The molecule has 2 aromatic carbocycles. The van der Waals surface area contributed by atoms with Crippen LogP contribution in [0.5, 0.6) is 5.75 Å². The first-order valence-corrected chi connectivity index (χ1v) is 12.1. The van der Waals surface area contributed by atoms with Crippen molar-refractivity contribution >= 4 is 34.7 Å². The predicted molar refractivity (Wildman–Crippen MR) is 128 cm³/mol. The van der Waals surface area contributed by atoms with Gasteiger partial charge in [0, 0.05) is 23.7 Å². The van der Waals surface area contributed by atoms with E-state index < -0.39 is 0 Å². The number of thioether (sulfide) groups is 1. The van der Waals surface area contributed by atoms with Crippen LogP contribution in [0.3, 0.4) is 0 Å². The van der Waals surface area contributed by atoms with Crippen molar-refractivity contribution in [2.45, 2.75) is 37.8 Å². The summed E-state index contributed by atoms with van der Waals surface area (Å²) in [6.45, 7) is 6.07. The van der Waals surface area contributed by atoms with E-state index in [0.29, 0.717) is 10.8 Å². The lowest BCUT2D eigenvalue weighted by Gasteiger charge is -2.15. The summed E-state index contributed by atoms with van der Waals surface area (Å²) < 4.78 is 8.02. The molecule has 0 bridgehead atoms. The largest absolute Gasteiger partial charge is 0.481 e. The summed E-state index contributed by atoms with van der Waals surface area (Å²) in [5.74, 6) is 2.13. The number of ether oxygens (including phenoxy) is 1. The van der Waals surface area contributed by atoms with Gasteiger partial charge in [0.1, 0.15) is 10.8 Å². The quantitative estimate of drug-likeness (QED) is 0.283. The average molecular weight is 471 g/mol. The number of nitrogens with zero attached hydrogens (tertiary/aromatic N) is 4. The van der Waals surface area contributed by atoms with Crippen LogP contribution >= 0.6 is 34.7 Å². The van der Waals surface area contributed by atoms with Crippen molar-refractivity contribution in [3.63, 3.8) is 0 Å². The molecule has 31 heavy (non-hydrogen) atoms. The zero-order valence-corrected chi connectivity index (χ0v) is 20.2. The minimum Gasteiger partial charge on any atom is -0.481 e. The molecular weight excluding hydrogens is 448 g/mol. The fourth-order valence-electron chi connectivity index (χ4n) is 3.20. The van der Waals surface area contributed by atoms with Crippen LogP contribution in [0.2, 0.25) is 5.02 Å². The lowest BCUT2D eigenvalue weighted by atomic mass is 10.1. The maximum Gasteiger partial charge on any atom is 0.191 e. The molecule has 0 saturated heterocycles. The maximum absolute atomic E-state index is 6.27. The minimum absolute atomic E-state index is 0.280. The van der Waals surface area contributed by atoms with Gasteiger partial charge in [0.05, 0.1) is 10.7 Å². The summed E-state index contributed by atoms with van der Waals surface area (Å²) >= 11 is 9.55. The van der Waals surface area contributed by atoms with Gasteiger partial charge in [-0.15, -0.1) is 21.5 Å². The highest BCUT2D eigenvalue weighted by atomic mass is 35.5. The Morgan fingerprint density at radius 1 is 1.16 bits per heavy atom. The number of hydrogen-bond donors (Lipinski definition) is 0. The maximum atomic E-state index is 6.27. The number of benzene rings is 2. The summed E-state index contributed by atoms with van der Waals surface area (Å²) in [6, 6.07) is 14.1. The molecule has 1 atom stereocenters. The second kappa shape index (κ2) is 9.42. The molecule has 0 aliphatic carbocycles. The fourth-order valence-corrected chi connectivity index (χ4v) is 5.19. The summed E-state index contributed by atoms with van der Waals surface area (Å²) in [7, 11) is 1.95. The molecule has 0 saturated carbocycles. The lowest BCUT2D eigenvalue weighted by molar-refractivity contribution is 0.211. The molecule has 1 unspecified atom stereocenters. The zero-order valence-electron chi connectivity index (χ0n) is 17.8. The van der Waals surface area contributed by atoms with Crippen LogP contribution in [0.1, 0.15) is 35.7 Å². The van der Waals surface area contributed by atoms with E-state index in [9.17, 15) is 0 Å². The molecule has 0 aliphatic rings. The summed E-state index contributed by atoms with van der Waals surface area (Å²) in [6.07, 6.45) is -0.280. The molecule has 0 spiro atoms. The van der Waals surface area contributed by atoms with Gasteiger partial charge in [-0.05, 0) is 44.0 Å². The van der Waals surface area contributed by atoms with Crippen molar-refractivity contribution in [1.29, 1.82) is 0 Å². The Hall–Kier alpha value is -2.35. The predicted octanol–water partition coefficient (Wildman–Crippen LogP) is 6.64. The Bertz CT molecular complexity index is 1200. The molecular formula is C23H23ClN4OS2. The van der Waals surface area contributed by atoms with Crippen molar-refractivity contribution in [2.75, 3.05) is 0 Å². The highest BCUT2D eigenvalue weighted by Gasteiger charge is 2.19. The van der Waals surface area contributed by atoms with Crippen LogP contribution in [-0.2, 0) is 12.8 Å². The first kappa shape index (κ1) is 21.9. The first-order valence-electron chi connectivity index (χ1n) is 9.87. The van der Waals surface area contributed by atoms with E-state index in [1.165, 1.54) is 11.1 Å². The normalized spacial score (nSPS) is 12.2. The summed E-state index contributed by atoms with van der Waals surface area (Å²) in [5, 5.41) is 13.3. The van der Waals surface area contributed by atoms with E-state index in [1.54, 1.807) is 23.1 Å². The molecule has 0 amide bonds. The lowest BCUT2D eigenvalue weighted by Crippen LogP contribution is -2.10. The van der Waals surface area contributed by atoms with Gasteiger partial charge in [-0.1, -0.05) is 53.7 Å². The van der Waals surface area contributed by atoms with Crippen LogP contribution in [0.4, 0.5) is 0 Å².